The lowest BCUT2D eigenvalue weighted by Crippen LogP contribution is -2.40. The molecule has 1 N–H and O–H groups in total. The third-order valence-electron chi connectivity index (χ3n) is 6.04. The van der Waals surface area contributed by atoms with Gasteiger partial charge >= 0.3 is 0 Å². The van der Waals surface area contributed by atoms with Crippen LogP contribution in [-0.4, -0.2) is 55.8 Å². The maximum atomic E-state index is 13.1. The average molecular weight is 431 g/mol. The predicted octanol–water partition coefficient (Wildman–Crippen LogP) is 3.14. The van der Waals surface area contributed by atoms with Gasteiger partial charge < -0.3 is 10.0 Å². The molecule has 2 aromatic carbocycles. The molecule has 1 aliphatic rings. The minimum Gasteiger partial charge on any atom is -0.388 e. The Labute approximate surface area is 179 Å². The molecule has 7 heteroatoms. The van der Waals surface area contributed by atoms with Crippen LogP contribution in [0.3, 0.4) is 0 Å². The molecule has 1 heterocycles. The van der Waals surface area contributed by atoms with Crippen molar-refractivity contribution in [2.75, 3.05) is 27.2 Å². The molecule has 0 bridgehead atoms. The van der Waals surface area contributed by atoms with E-state index in [0.29, 0.717) is 37.1 Å². The van der Waals surface area contributed by atoms with Crippen LogP contribution in [0.15, 0.2) is 47.4 Å². The molecule has 1 saturated heterocycles. The van der Waals surface area contributed by atoms with Crippen LogP contribution in [0.5, 0.6) is 0 Å². The van der Waals surface area contributed by atoms with Crippen LogP contribution >= 0.6 is 0 Å². The molecule has 1 fully saturated rings. The summed E-state index contributed by atoms with van der Waals surface area (Å²) >= 11 is 0. The highest BCUT2D eigenvalue weighted by atomic mass is 32.2. The fourth-order valence-corrected chi connectivity index (χ4v) is 5.16. The average Bonchev–Trinajstić information content (AvgIpc) is 2.75. The zero-order valence-electron chi connectivity index (χ0n) is 18.0. The highest BCUT2D eigenvalue weighted by Gasteiger charge is 2.30. The fourth-order valence-electron chi connectivity index (χ4n) is 3.94. The van der Waals surface area contributed by atoms with E-state index >= 15 is 0 Å². The molecule has 0 spiro atoms. The third-order valence-corrected chi connectivity index (χ3v) is 7.98. The van der Waals surface area contributed by atoms with Crippen molar-refractivity contribution in [1.29, 1.82) is 0 Å². The molecular formula is C23H30N2O4S. The van der Waals surface area contributed by atoms with Crippen LogP contribution in [0.4, 0.5) is 0 Å². The van der Waals surface area contributed by atoms with Gasteiger partial charge in [0.25, 0.3) is 5.91 Å². The van der Waals surface area contributed by atoms with Crippen molar-refractivity contribution in [1.82, 2.24) is 9.21 Å². The van der Waals surface area contributed by atoms with Gasteiger partial charge in [-0.05, 0) is 61.4 Å². The molecule has 0 saturated carbocycles. The summed E-state index contributed by atoms with van der Waals surface area (Å²) in [6.07, 6.45) is 0.868. The van der Waals surface area contributed by atoms with Crippen LogP contribution in [-0.2, 0) is 10.0 Å². The number of amides is 1. The molecule has 0 aromatic heterocycles. The minimum atomic E-state index is -3.64. The molecule has 1 aliphatic heterocycles. The topological polar surface area (TPSA) is 77.9 Å². The van der Waals surface area contributed by atoms with Gasteiger partial charge in [-0.15, -0.1) is 0 Å². The smallest absolute Gasteiger partial charge is 0.253 e. The maximum Gasteiger partial charge on any atom is 0.253 e. The van der Waals surface area contributed by atoms with Gasteiger partial charge in [0.05, 0.1) is 11.0 Å². The zero-order chi connectivity index (χ0) is 22.1. The molecule has 3 rings (SSSR count). The normalized spacial score (nSPS) is 16.7. The number of piperidine rings is 1. The van der Waals surface area contributed by atoms with E-state index < -0.39 is 16.1 Å². The molecule has 6 nitrogen and oxygen atoms in total. The van der Waals surface area contributed by atoms with E-state index in [4.69, 9.17) is 0 Å². The number of likely N-dealkylation sites (tertiary alicyclic amines) is 1. The second-order valence-electron chi connectivity index (χ2n) is 8.19. The number of sulfonamides is 1. The largest absolute Gasteiger partial charge is 0.388 e. The number of hydrogen-bond donors (Lipinski definition) is 1. The number of nitrogens with zero attached hydrogens (tertiary/aromatic N) is 2. The van der Waals surface area contributed by atoms with Crippen LogP contribution in [0, 0.1) is 19.8 Å². The lowest BCUT2D eigenvalue weighted by molar-refractivity contribution is 0.0462. The summed E-state index contributed by atoms with van der Waals surface area (Å²) in [7, 11) is -0.663. The van der Waals surface area contributed by atoms with Gasteiger partial charge in [0.1, 0.15) is 0 Å². The van der Waals surface area contributed by atoms with Crippen molar-refractivity contribution in [3.05, 3.63) is 64.7 Å². The van der Waals surface area contributed by atoms with Crippen LogP contribution < -0.4 is 0 Å². The van der Waals surface area contributed by atoms with E-state index in [1.165, 1.54) is 24.5 Å². The molecule has 1 atom stereocenters. The molecule has 162 valence electrons. The van der Waals surface area contributed by atoms with Crippen molar-refractivity contribution < 1.29 is 18.3 Å². The summed E-state index contributed by atoms with van der Waals surface area (Å²) in [6, 6.07) is 12.8. The van der Waals surface area contributed by atoms with Gasteiger partial charge in [0.2, 0.25) is 10.0 Å². The van der Waals surface area contributed by atoms with E-state index in [9.17, 15) is 18.3 Å². The number of carbonyl (C=O) groups excluding carboxylic acids is 1. The van der Waals surface area contributed by atoms with Gasteiger partial charge in [-0.3, -0.25) is 4.79 Å². The van der Waals surface area contributed by atoms with Crippen molar-refractivity contribution in [3.63, 3.8) is 0 Å². The molecule has 30 heavy (non-hydrogen) atoms. The van der Waals surface area contributed by atoms with E-state index in [0.717, 1.165) is 11.1 Å². The number of rotatable bonds is 5. The van der Waals surface area contributed by atoms with E-state index in [-0.39, 0.29) is 16.7 Å². The number of hydrogen-bond acceptors (Lipinski definition) is 4. The zero-order valence-corrected chi connectivity index (χ0v) is 18.8. The second kappa shape index (κ2) is 8.88. The standard InChI is InChI=1S/C23H30N2O4S/c1-16-14-20(15-21(17(16)2)30(28,29)24(3)4)23(27)25-12-10-19(11-13-25)22(26)18-8-6-5-7-9-18/h5-9,14-15,19,22,26H,10-13H2,1-4H3/t22-/m1/s1. The van der Waals surface area contributed by atoms with Gasteiger partial charge in [-0.1, -0.05) is 30.3 Å². The molecule has 0 unspecified atom stereocenters. The van der Waals surface area contributed by atoms with Crippen LogP contribution in [0.25, 0.3) is 0 Å². The number of aryl methyl sites for hydroxylation is 1. The molecule has 2 aromatic rings. The summed E-state index contributed by atoms with van der Waals surface area (Å²) < 4.78 is 26.5. The van der Waals surface area contributed by atoms with E-state index in [1.807, 2.05) is 37.3 Å². The van der Waals surface area contributed by atoms with E-state index in [2.05, 4.69) is 0 Å². The molecule has 1 amide bonds. The number of benzene rings is 2. The number of aliphatic hydroxyl groups excluding tert-OH is 1. The summed E-state index contributed by atoms with van der Waals surface area (Å²) in [5.41, 5.74) is 2.72. The Morgan fingerprint density at radius 3 is 2.27 bits per heavy atom. The van der Waals surface area contributed by atoms with Crippen molar-refractivity contribution in [2.24, 2.45) is 5.92 Å². The summed E-state index contributed by atoms with van der Waals surface area (Å²) in [4.78, 5) is 15.0. The van der Waals surface area contributed by atoms with Gasteiger partial charge in [-0.25, -0.2) is 12.7 Å². The molecular weight excluding hydrogens is 400 g/mol. The van der Waals surface area contributed by atoms with Gasteiger partial charge in [0.15, 0.2) is 0 Å². The Hall–Kier alpha value is -2.22. The molecule has 0 aliphatic carbocycles. The van der Waals surface area contributed by atoms with Gasteiger partial charge in [-0.2, -0.15) is 0 Å². The first-order chi connectivity index (χ1) is 14.1. The number of aliphatic hydroxyl groups is 1. The summed E-state index contributed by atoms with van der Waals surface area (Å²) in [5.74, 6) is -0.0677. The van der Waals surface area contributed by atoms with Crippen molar-refractivity contribution in [3.8, 4) is 0 Å². The van der Waals surface area contributed by atoms with Crippen LogP contribution in [0.2, 0.25) is 0 Å². The third kappa shape index (κ3) is 4.43. The lowest BCUT2D eigenvalue weighted by Gasteiger charge is -2.34. The van der Waals surface area contributed by atoms with Crippen LogP contribution in [0.1, 0.15) is 46.0 Å². The highest BCUT2D eigenvalue weighted by Crippen LogP contribution is 2.31. The number of carbonyl (C=O) groups is 1. The summed E-state index contributed by atoms with van der Waals surface area (Å²) in [6.45, 7) is 4.66. The Kier molecular flexibility index (Phi) is 6.65. The SMILES string of the molecule is Cc1cc(C(=O)N2CCC([C@H](O)c3ccccc3)CC2)cc(S(=O)(=O)N(C)C)c1C. The first-order valence-electron chi connectivity index (χ1n) is 10.2. The lowest BCUT2D eigenvalue weighted by atomic mass is 9.87. The Bertz CT molecular complexity index is 1010. The second-order valence-corrected chi connectivity index (χ2v) is 10.3. The molecule has 0 radical (unpaired) electrons. The Balaban J connectivity index is 1.76. The fraction of sp³-hybridized carbons (Fsp3) is 0.435. The van der Waals surface area contributed by atoms with E-state index in [1.54, 1.807) is 17.9 Å². The quantitative estimate of drug-likeness (QED) is 0.791. The monoisotopic (exact) mass is 430 g/mol. The minimum absolute atomic E-state index is 0.0980. The maximum absolute atomic E-state index is 13.1. The summed E-state index contributed by atoms with van der Waals surface area (Å²) in [5, 5.41) is 10.7. The Morgan fingerprint density at radius 1 is 1.10 bits per heavy atom. The first-order valence-corrected chi connectivity index (χ1v) is 11.6. The first kappa shape index (κ1) is 22.5. The van der Waals surface area contributed by atoms with Crippen molar-refractivity contribution in [2.45, 2.75) is 37.7 Å². The highest BCUT2D eigenvalue weighted by molar-refractivity contribution is 7.89. The van der Waals surface area contributed by atoms with Gasteiger partial charge in [0, 0.05) is 32.7 Å². The predicted molar refractivity (Wildman–Crippen MR) is 117 cm³/mol. The Morgan fingerprint density at radius 2 is 1.70 bits per heavy atom. The van der Waals surface area contributed by atoms with Crippen molar-refractivity contribution >= 4 is 15.9 Å².